The number of nitrogens with zero attached hydrogens (tertiary/aromatic N) is 3. The molecule has 21 heavy (non-hydrogen) atoms. The Morgan fingerprint density at radius 2 is 2.05 bits per heavy atom. The molecule has 0 radical (unpaired) electrons. The van der Waals surface area contributed by atoms with E-state index in [9.17, 15) is 0 Å². The first-order chi connectivity index (χ1) is 10.2. The molecular formula is C16H24N4S. The molecule has 0 saturated carbocycles. The number of hydrogen-bond donors (Lipinski definition) is 1. The SMILES string of the molecule is CCCNc1nc(C)nc(N(CC)Cc2cccs2)c1C. The van der Waals surface area contributed by atoms with Crippen molar-refractivity contribution in [3.63, 3.8) is 0 Å². The number of aromatic nitrogens is 2. The lowest BCUT2D eigenvalue weighted by Crippen LogP contribution is -2.24. The number of aryl methyl sites for hydroxylation is 1. The van der Waals surface area contributed by atoms with Crippen molar-refractivity contribution in [2.24, 2.45) is 0 Å². The third-order valence-corrected chi connectivity index (χ3v) is 4.24. The van der Waals surface area contributed by atoms with Gasteiger partial charge in [0.1, 0.15) is 17.5 Å². The molecule has 4 nitrogen and oxygen atoms in total. The first kappa shape index (κ1) is 15.8. The molecule has 2 aromatic heterocycles. The van der Waals surface area contributed by atoms with E-state index < -0.39 is 0 Å². The molecule has 2 aromatic rings. The standard InChI is InChI=1S/C16H24N4S/c1-5-9-17-15-12(3)16(19-13(4)18-15)20(6-2)11-14-8-7-10-21-14/h7-8,10H,5-6,9,11H2,1-4H3,(H,17,18,19). The van der Waals surface area contributed by atoms with Crippen LogP contribution in [-0.4, -0.2) is 23.1 Å². The Labute approximate surface area is 131 Å². The van der Waals surface area contributed by atoms with Crippen LogP contribution in [0.1, 0.15) is 36.5 Å². The summed E-state index contributed by atoms with van der Waals surface area (Å²) in [6.45, 7) is 11.2. The summed E-state index contributed by atoms with van der Waals surface area (Å²) in [5, 5.41) is 5.53. The molecule has 0 spiro atoms. The summed E-state index contributed by atoms with van der Waals surface area (Å²) < 4.78 is 0. The van der Waals surface area contributed by atoms with E-state index in [0.717, 1.165) is 49.1 Å². The normalized spacial score (nSPS) is 10.7. The van der Waals surface area contributed by atoms with Crippen LogP contribution >= 0.6 is 11.3 Å². The molecule has 2 heterocycles. The summed E-state index contributed by atoms with van der Waals surface area (Å²) in [6.07, 6.45) is 1.09. The van der Waals surface area contributed by atoms with E-state index in [4.69, 9.17) is 0 Å². The molecule has 1 N–H and O–H groups in total. The Morgan fingerprint density at radius 1 is 1.24 bits per heavy atom. The first-order valence-electron chi connectivity index (χ1n) is 7.52. The summed E-state index contributed by atoms with van der Waals surface area (Å²) >= 11 is 1.79. The lowest BCUT2D eigenvalue weighted by Gasteiger charge is -2.24. The van der Waals surface area contributed by atoms with Gasteiger partial charge in [0.15, 0.2) is 0 Å². The Kier molecular flexibility index (Phi) is 5.56. The van der Waals surface area contributed by atoms with Crippen LogP contribution in [0, 0.1) is 13.8 Å². The summed E-state index contributed by atoms with van der Waals surface area (Å²) in [4.78, 5) is 12.9. The number of anilines is 2. The minimum absolute atomic E-state index is 0.818. The molecule has 0 aliphatic carbocycles. The molecule has 5 heteroatoms. The molecule has 0 unspecified atom stereocenters. The molecule has 0 aliphatic heterocycles. The zero-order chi connectivity index (χ0) is 15.2. The molecule has 0 amide bonds. The maximum Gasteiger partial charge on any atom is 0.137 e. The maximum absolute atomic E-state index is 4.67. The lowest BCUT2D eigenvalue weighted by atomic mass is 10.2. The average Bonchev–Trinajstić information content (AvgIpc) is 2.98. The van der Waals surface area contributed by atoms with Gasteiger partial charge >= 0.3 is 0 Å². The molecule has 114 valence electrons. The summed E-state index contributed by atoms with van der Waals surface area (Å²) in [5.74, 6) is 2.82. The van der Waals surface area contributed by atoms with E-state index in [-0.39, 0.29) is 0 Å². The smallest absolute Gasteiger partial charge is 0.137 e. The second kappa shape index (κ2) is 7.41. The molecule has 0 fully saturated rings. The monoisotopic (exact) mass is 304 g/mol. The highest BCUT2D eigenvalue weighted by molar-refractivity contribution is 7.09. The van der Waals surface area contributed by atoms with Gasteiger partial charge in [0.2, 0.25) is 0 Å². The quantitative estimate of drug-likeness (QED) is 0.839. The highest BCUT2D eigenvalue weighted by Crippen LogP contribution is 2.25. The number of hydrogen-bond acceptors (Lipinski definition) is 5. The fourth-order valence-electron chi connectivity index (χ4n) is 2.26. The van der Waals surface area contributed by atoms with Gasteiger partial charge in [0.25, 0.3) is 0 Å². The number of nitrogens with one attached hydrogen (secondary N) is 1. The van der Waals surface area contributed by atoms with E-state index in [1.165, 1.54) is 4.88 Å². The summed E-state index contributed by atoms with van der Waals surface area (Å²) in [5.41, 5.74) is 1.13. The number of rotatable bonds is 7. The van der Waals surface area contributed by atoms with Crippen LogP contribution in [0.4, 0.5) is 11.6 Å². The number of thiophene rings is 1. The van der Waals surface area contributed by atoms with Gasteiger partial charge in [-0.25, -0.2) is 9.97 Å². The summed E-state index contributed by atoms with van der Waals surface area (Å²) in [6, 6.07) is 4.27. The van der Waals surface area contributed by atoms with Crippen LogP contribution in [0.5, 0.6) is 0 Å². The van der Waals surface area contributed by atoms with Crippen LogP contribution in [0.2, 0.25) is 0 Å². The Hall–Kier alpha value is -1.62. The van der Waals surface area contributed by atoms with Crippen LogP contribution in [0.3, 0.4) is 0 Å². The Bertz CT molecular complexity index is 566. The summed E-state index contributed by atoms with van der Waals surface area (Å²) in [7, 11) is 0. The van der Waals surface area contributed by atoms with Crippen LogP contribution in [0.25, 0.3) is 0 Å². The van der Waals surface area contributed by atoms with Gasteiger partial charge in [-0.3, -0.25) is 0 Å². The van der Waals surface area contributed by atoms with Gasteiger partial charge in [-0.15, -0.1) is 11.3 Å². The van der Waals surface area contributed by atoms with E-state index >= 15 is 0 Å². The van der Waals surface area contributed by atoms with E-state index in [1.807, 2.05) is 6.92 Å². The molecule has 0 saturated heterocycles. The third-order valence-electron chi connectivity index (χ3n) is 3.38. The predicted molar refractivity (Wildman–Crippen MR) is 91.3 cm³/mol. The molecule has 0 bridgehead atoms. The molecule has 0 aromatic carbocycles. The van der Waals surface area contributed by atoms with Crippen molar-refractivity contribution in [2.45, 2.75) is 40.7 Å². The van der Waals surface area contributed by atoms with Crippen molar-refractivity contribution in [2.75, 3.05) is 23.3 Å². The second-order valence-corrected chi connectivity index (χ2v) is 6.12. The van der Waals surface area contributed by atoms with Crippen LogP contribution < -0.4 is 10.2 Å². The largest absolute Gasteiger partial charge is 0.370 e. The van der Waals surface area contributed by atoms with Crippen LogP contribution in [-0.2, 0) is 6.54 Å². The highest BCUT2D eigenvalue weighted by Gasteiger charge is 2.15. The van der Waals surface area contributed by atoms with Gasteiger partial charge in [0, 0.05) is 23.5 Å². The first-order valence-corrected chi connectivity index (χ1v) is 8.40. The van der Waals surface area contributed by atoms with E-state index in [0.29, 0.717) is 0 Å². The van der Waals surface area contributed by atoms with Gasteiger partial charge in [-0.05, 0) is 38.6 Å². The van der Waals surface area contributed by atoms with Gasteiger partial charge in [-0.2, -0.15) is 0 Å². The predicted octanol–water partition coefficient (Wildman–Crippen LogP) is 4.00. The highest BCUT2D eigenvalue weighted by atomic mass is 32.1. The molecular weight excluding hydrogens is 280 g/mol. The van der Waals surface area contributed by atoms with Crippen molar-refractivity contribution in [1.82, 2.24) is 9.97 Å². The minimum Gasteiger partial charge on any atom is -0.370 e. The van der Waals surface area contributed by atoms with Crippen molar-refractivity contribution in [3.05, 3.63) is 33.8 Å². The van der Waals surface area contributed by atoms with E-state index in [2.05, 4.69) is 58.5 Å². The second-order valence-electron chi connectivity index (χ2n) is 5.09. The fraction of sp³-hybridized carbons (Fsp3) is 0.500. The Morgan fingerprint density at radius 3 is 2.67 bits per heavy atom. The van der Waals surface area contributed by atoms with Gasteiger partial charge < -0.3 is 10.2 Å². The third kappa shape index (κ3) is 3.94. The van der Waals surface area contributed by atoms with Crippen molar-refractivity contribution < 1.29 is 0 Å². The van der Waals surface area contributed by atoms with Crippen molar-refractivity contribution >= 4 is 23.0 Å². The molecule has 0 atom stereocenters. The van der Waals surface area contributed by atoms with Crippen LogP contribution in [0.15, 0.2) is 17.5 Å². The van der Waals surface area contributed by atoms with Gasteiger partial charge in [-0.1, -0.05) is 13.0 Å². The average molecular weight is 304 g/mol. The van der Waals surface area contributed by atoms with Crippen molar-refractivity contribution in [1.29, 1.82) is 0 Å². The van der Waals surface area contributed by atoms with E-state index in [1.54, 1.807) is 11.3 Å². The maximum atomic E-state index is 4.67. The topological polar surface area (TPSA) is 41.1 Å². The fourth-order valence-corrected chi connectivity index (χ4v) is 2.98. The lowest BCUT2D eigenvalue weighted by molar-refractivity contribution is 0.805. The zero-order valence-electron chi connectivity index (χ0n) is 13.3. The molecule has 2 rings (SSSR count). The van der Waals surface area contributed by atoms with Gasteiger partial charge in [0.05, 0.1) is 6.54 Å². The zero-order valence-corrected chi connectivity index (χ0v) is 14.1. The Balaban J connectivity index is 2.29. The molecule has 0 aliphatic rings. The minimum atomic E-state index is 0.818. The van der Waals surface area contributed by atoms with Crippen molar-refractivity contribution in [3.8, 4) is 0 Å².